The Labute approximate surface area is 179 Å². The highest BCUT2D eigenvalue weighted by molar-refractivity contribution is 7.15. The average Bonchev–Trinajstić information content (AvgIpc) is 3.25. The van der Waals surface area contributed by atoms with Crippen molar-refractivity contribution in [3.8, 4) is 5.75 Å². The molecule has 2 heterocycles. The zero-order valence-corrected chi connectivity index (χ0v) is 17.1. The number of imidazole rings is 1. The smallest absolute Gasteiger partial charge is 0.274 e. The predicted molar refractivity (Wildman–Crippen MR) is 118 cm³/mol. The normalized spacial score (nSPS) is 12.1. The zero-order chi connectivity index (χ0) is 20.7. The lowest BCUT2D eigenvalue weighted by molar-refractivity contribution is 0.305. The fraction of sp³-hybridized carbons (Fsp3) is 0.0435. The molecule has 0 unspecified atom stereocenters. The Balaban J connectivity index is 1.56. The summed E-state index contributed by atoms with van der Waals surface area (Å²) in [6.45, 7) is 0.269. The van der Waals surface area contributed by atoms with Gasteiger partial charge in [-0.25, -0.2) is 13.8 Å². The quantitative estimate of drug-likeness (QED) is 0.405. The molecule has 0 aliphatic heterocycles. The van der Waals surface area contributed by atoms with Crippen molar-refractivity contribution >= 4 is 45.0 Å². The molecule has 0 amide bonds. The molecule has 0 bridgehead atoms. The first-order chi connectivity index (χ1) is 14.6. The highest BCUT2D eigenvalue weighted by atomic mass is 35.5. The molecule has 148 valence electrons. The van der Waals surface area contributed by atoms with Gasteiger partial charge in [-0.3, -0.25) is 4.79 Å². The van der Waals surface area contributed by atoms with Crippen molar-refractivity contribution < 1.29 is 9.13 Å². The van der Waals surface area contributed by atoms with E-state index in [-0.39, 0.29) is 18.0 Å². The number of rotatable bonds is 4. The van der Waals surface area contributed by atoms with Crippen molar-refractivity contribution in [2.45, 2.75) is 6.61 Å². The van der Waals surface area contributed by atoms with E-state index >= 15 is 0 Å². The van der Waals surface area contributed by atoms with Crippen LogP contribution < -0.4 is 14.8 Å². The zero-order valence-electron chi connectivity index (χ0n) is 15.5. The van der Waals surface area contributed by atoms with Crippen LogP contribution in [-0.2, 0) is 6.61 Å². The molecular formula is C23H14ClFN2O2S. The van der Waals surface area contributed by atoms with E-state index in [4.69, 9.17) is 16.3 Å². The molecule has 3 aromatic carbocycles. The minimum Gasteiger partial charge on any atom is -0.488 e. The summed E-state index contributed by atoms with van der Waals surface area (Å²) in [5.74, 6) is 0.288. The van der Waals surface area contributed by atoms with Gasteiger partial charge in [-0.1, -0.05) is 47.2 Å². The lowest BCUT2D eigenvalue weighted by Gasteiger charge is -2.09. The highest BCUT2D eigenvalue weighted by Crippen LogP contribution is 2.25. The third-order valence-corrected chi connectivity index (χ3v) is 5.92. The number of halogens is 2. The maximum atomic E-state index is 13.1. The maximum Gasteiger partial charge on any atom is 0.274 e. The topological polar surface area (TPSA) is 43.6 Å². The van der Waals surface area contributed by atoms with Crippen molar-refractivity contribution in [1.29, 1.82) is 0 Å². The van der Waals surface area contributed by atoms with E-state index in [1.54, 1.807) is 40.8 Å². The number of hydrogen-bond acceptors (Lipinski definition) is 4. The summed E-state index contributed by atoms with van der Waals surface area (Å²) < 4.78 is 21.2. The standard InChI is InChI=1S/C23H14ClFN2O2S/c24-16-7-10-20(29-13-14-5-8-17(25)9-6-14)15(11-16)12-21-22(28)27-19-4-2-1-3-18(19)26-23(27)30-21/h1-12H,13H2/b21-12-. The number of fused-ring (bicyclic) bond motifs is 3. The molecular weight excluding hydrogens is 423 g/mol. The van der Waals surface area contributed by atoms with Gasteiger partial charge in [-0.15, -0.1) is 0 Å². The second-order valence-electron chi connectivity index (χ2n) is 6.73. The monoisotopic (exact) mass is 436 g/mol. The molecule has 0 saturated heterocycles. The molecule has 30 heavy (non-hydrogen) atoms. The molecule has 0 spiro atoms. The van der Waals surface area contributed by atoms with Gasteiger partial charge in [0, 0.05) is 10.6 Å². The van der Waals surface area contributed by atoms with Crippen LogP contribution in [0.15, 0.2) is 71.5 Å². The fourth-order valence-corrected chi connectivity index (χ4v) is 4.42. The molecule has 0 fully saturated rings. The number of hydrogen-bond donors (Lipinski definition) is 0. The van der Waals surface area contributed by atoms with Gasteiger partial charge in [0.2, 0.25) is 0 Å². The van der Waals surface area contributed by atoms with Crippen LogP contribution in [0.5, 0.6) is 5.75 Å². The van der Waals surface area contributed by atoms with E-state index in [1.807, 2.05) is 24.3 Å². The third-order valence-electron chi connectivity index (χ3n) is 4.71. The van der Waals surface area contributed by atoms with Crippen LogP contribution in [0, 0.1) is 5.82 Å². The molecule has 5 aromatic rings. The Kier molecular flexibility index (Phi) is 4.73. The van der Waals surface area contributed by atoms with Crippen LogP contribution in [0.1, 0.15) is 11.1 Å². The number of ether oxygens (including phenoxy) is 1. The van der Waals surface area contributed by atoms with Crippen molar-refractivity contribution in [3.63, 3.8) is 0 Å². The number of para-hydroxylation sites is 2. The van der Waals surface area contributed by atoms with Crippen LogP contribution in [-0.4, -0.2) is 9.38 Å². The number of aromatic nitrogens is 2. The van der Waals surface area contributed by atoms with E-state index in [2.05, 4.69) is 4.98 Å². The Morgan fingerprint density at radius 2 is 1.90 bits per heavy atom. The van der Waals surface area contributed by atoms with Gasteiger partial charge in [0.15, 0.2) is 4.96 Å². The molecule has 7 heteroatoms. The molecule has 0 radical (unpaired) electrons. The molecule has 0 N–H and O–H groups in total. The summed E-state index contributed by atoms with van der Waals surface area (Å²) >= 11 is 7.50. The van der Waals surface area contributed by atoms with Crippen molar-refractivity contribution in [2.75, 3.05) is 0 Å². The van der Waals surface area contributed by atoms with Gasteiger partial charge >= 0.3 is 0 Å². The van der Waals surface area contributed by atoms with Crippen molar-refractivity contribution in [2.24, 2.45) is 0 Å². The van der Waals surface area contributed by atoms with Crippen molar-refractivity contribution in [1.82, 2.24) is 9.38 Å². The summed E-state index contributed by atoms with van der Waals surface area (Å²) in [6, 6.07) is 18.9. The van der Waals surface area contributed by atoms with Gasteiger partial charge in [0.05, 0.1) is 15.6 Å². The Hall–Kier alpha value is -3.22. The van der Waals surface area contributed by atoms with Crippen LogP contribution in [0.2, 0.25) is 5.02 Å². The Morgan fingerprint density at radius 3 is 2.73 bits per heavy atom. The SMILES string of the molecule is O=c1/c(=C/c2cc(Cl)ccc2OCc2ccc(F)cc2)sc2nc3ccccc3n12. The maximum absolute atomic E-state index is 13.1. The minimum absolute atomic E-state index is 0.131. The van der Waals surface area contributed by atoms with Gasteiger partial charge in [0.25, 0.3) is 5.56 Å². The summed E-state index contributed by atoms with van der Waals surface area (Å²) in [4.78, 5) is 18.2. The molecule has 0 aliphatic rings. The first-order valence-electron chi connectivity index (χ1n) is 9.17. The second kappa shape index (κ2) is 7.55. The van der Waals surface area contributed by atoms with Gasteiger partial charge in [-0.2, -0.15) is 0 Å². The van der Waals surface area contributed by atoms with Crippen LogP contribution in [0.25, 0.3) is 22.1 Å². The lowest BCUT2D eigenvalue weighted by atomic mass is 10.2. The summed E-state index contributed by atoms with van der Waals surface area (Å²) in [5.41, 5.74) is 2.97. The number of benzene rings is 3. The minimum atomic E-state index is -0.294. The van der Waals surface area contributed by atoms with Crippen LogP contribution in [0.3, 0.4) is 0 Å². The Bertz CT molecular complexity index is 1490. The van der Waals surface area contributed by atoms with Crippen molar-refractivity contribution in [3.05, 3.63) is 104 Å². The van der Waals surface area contributed by atoms with Crippen LogP contribution in [0.4, 0.5) is 4.39 Å². The third kappa shape index (κ3) is 3.44. The predicted octanol–water partition coefficient (Wildman–Crippen LogP) is 4.83. The van der Waals surface area contributed by atoms with E-state index in [1.165, 1.54) is 23.5 Å². The average molecular weight is 437 g/mol. The molecule has 0 saturated carbocycles. The van der Waals surface area contributed by atoms with Gasteiger partial charge in [-0.05, 0) is 54.1 Å². The number of nitrogens with zero attached hydrogens (tertiary/aromatic N) is 2. The summed E-state index contributed by atoms with van der Waals surface area (Å²) in [6.07, 6.45) is 1.77. The Morgan fingerprint density at radius 1 is 1.10 bits per heavy atom. The molecule has 0 atom stereocenters. The molecule has 0 aliphatic carbocycles. The van der Waals surface area contributed by atoms with Crippen LogP contribution >= 0.6 is 22.9 Å². The first-order valence-corrected chi connectivity index (χ1v) is 10.4. The largest absolute Gasteiger partial charge is 0.488 e. The van der Waals surface area contributed by atoms with E-state index in [9.17, 15) is 9.18 Å². The number of thiazole rings is 1. The van der Waals surface area contributed by atoms with E-state index in [0.29, 0.717) is 25.8 Å². The first kappa shape index (κ1) is 18.8. The van der Waals surface area contributed by atoms with Gasteiger partial charge < -0.3 is 4.74 Å². The molecule has 2 aromatic heterocycles. The molecule has 4 nitrogen and oxygen atoms in total. The van der Waals surface area contributed by atoms with E-state index < -0.39 is 0 Å². The summed E-state index contributed by atoms with van der Waals surface area (Å²) in [7, 11) is 0. The van der Waals surface area contributed by atoms with Gasteiger partial charge in [0.1, 0.15) is 18.2 Å². The second-order valence-corrected chi connectivity index (χ2v) is 8.18. The fourth-order valence-electron chi connectivity index (χ4n) is 3.26. The highest BCUT2D eigenvalue weighted by Gasteiger charge is 2.11. The molecule has 5 rings (SSSR count). The van der Waals surface area contributed by atoms with E-state index in [0.717, 1.165) is 16.6 Å². The summed E-state index contributed by atoms with van der Waals surface area (Å²) in [5, 5.41) is 0.537. The lowest BCUT2D eigenvalue weighted by Crippen LogP contribution is -2.22.